The first-order valence-corrected chi connectivity index (χ1v) is 5.05. The molecule has 78 valence electrons. The number of nitrogens with two attached hydrogens (primary N) is 1. The fourth-order valence-electron chi connectivity index (χ4n) is 1.66. The molecule has 0 aliphatic carbocycles. The highest BCUT2D eigenvalue weighted by atomic mass is 16.1. The fraction of sp³-hybridized carbons (Fsp3) is 0.545. The third-order valence-corrected chi connectivity index (χ3v) is 2.64. The highest BCUT2D eigenvalue weighted by Crippen LogP contribution is 2.16. The zero-order valence-electron chi connectivity index (χ0n) is 9.11. The van der Waals surface area contributed by atoms with E-state index in [1.54, 1.807) is 0 Å². The molecule has 0 atom stereocenters. The number of rotatable bonds is 3. The van der Waals surface area contributed by atoms with Gasteiger partial charge in [-0.15, -0.1) is 0 Å². The Kier molecular flexibility index (Phi) is 3.33. The predicted octanol–water partition coefficient (Wildman–Crippen LogP) is 1.92. The summed E-state index contributed by atoms with van der Waals surface area (Å²) in [5.74, 6) is 0. The number of hydrogen-bond donors (Lipinski definition) is 2. The van der Waals surface area contributed by atoms with Gasteiger partial charge >= 0.3 is 0 Å². The van der Waals surface area contributed by atoms with E-state index in [-0.39, 0.29) is 5.56 Å². The van der Waals surface area contributed by atoms with Gasteiger partial charge in [0.25, 0.3) is 5.56 Å². The van der Waals surface area contributed by atoms with Gasteiger partial charge in [-0.05, 0) is 37.8 Å². The van der Waals surface area contributed by atoms with Crippen LogP contribution in [0.25, 0.3) is 0 Å². The number of aromatic amines is 1. The van der Waals surface area contributed by atoms with Crippen LogP contribution in [0.1, 0.15) is 36.6 Å². The molecule has 0 spiro atoms. The first kappa shape index (κ1) is 10.8. The van der Waals surface area contributed by atoms with E-state index in [1.165, 1.54) is 5.56 Å². The van der Waals surface area contributed by atoms with Gasteiger partial charge in [-0.1, -0.05) is 13.3 Å². The van der Waals surface area contributed by atoms with Gasteiger partial charge in [-0.3, -0.25) is 4.79 Å². The van der Waals surface area contributed by atoms with Crippen molar-refractivity contribution in [2.24, 2.45) is 0 Å². The van der Waals surface area contributed by atoms with Gasteiger partial charge in [-0.25, -0.2) is 0 Å². The zero-order chi connectivity index (χ0) is 10.7. The molecule has 0 unspecified atom stereocenters. The third-order valence-electron chi connectivity index (χ3n) is 2.64. The maximum atomic E-state index is 11.3. The number of nitrogen functional groups attached to an aromatic ring is 1. The molecule has 3 nitrogen and oxygen atoms in total. The minimum Gasteiger partial charge on any atom is -0.394 e. The minimum absolute atomic E-state index is 0.166. The van der Waals surface area contributed by atoms with E-state index < -0.39 is 0 Å². The molecule has 0 saturated heterocycles. The van der Waals surface area contributed by atoms with Gasteiger partial charge in [0.1, 0.15) is 5.69 Å². The van der Waals surface area contributed by atoms with Crippen molar-refractivity contribution in [2.75, 3.05) is 5.73 Å². The molecule has 1 aromatic rings. The van der Waals surface area contributed by atoms with E-state index in [9.17, 15) is 4.79 Å². The summed E-state index contributed by atoms with van der Waals surface area (Å²) in [6.45, 7) is 6.00. The van der Waals surface area contributed by atoms with Gasteiger partial charge < -0.3 is 10.7 Å². The molecule has 0 bridgehead atoms. The third kappa shape index (κ3) is 1.97. The second-order valence-electron chi connectivity index (χ2n) is 3.70. The van der Waals surface area contributed by atoms with Crippen LogP contribution in [0.15, 0.2) is 4.79 Å². The van der Waals surface area contributed by atoms with Crippen LogP contribution in [0.2, 0.25) is 0 Å². The molecule has 0 radical (unpaired) electrons. The molecule has 0 aromatic carbocycles. The molecule has 0 aliphatic heterocycles. The Morgan fingerprint density at radius 2 is 2.00 bits per heavy atom. The van der Waals surface area contributed by atoms with Crippen LogP contribution in [-0.4, -0.2) is 4.98 Å². The summed E-state index contributed by atoms with van der Waals surface area (Å²) in [5, 5.41) is 0. The number of H-pyrrole nitrogens is 1. The average molecular weight is 194 g/mol. The second-order valence-corrected chi connectivity index (χ2v) is 3.70. The van der Waals surface area contributed by atoms with E-state index in [0.717, 1.165) is 30.5 Å². The molecule has 0 amide bonds. The molecule has 0 saturated carbocycles. The fourth-order valence-corrected chi connectivity index (χ4v) is 1.66. The van der Waals surface area contributed by atoms with Crippen molar-refractivity contribution in [3.8, 4) is 0 Å². The number of unbranched alkanes of at least 4 members (excludes halogenated alkanes) is 1. The number of anilines is 1. The first-order chi connectivity index (χ1) is 6.57. The smallest absolute Gasteiger partial charge is 0.271 e. The summed E-state index contributed by atoms with van der Waals surface area (Å²) in [6.07, 6.45) is 3.28. The molecule has 1 aromatic heterocycles. The van der Waals surface area contributed by atoms with Crippen LogP contribution in [0.4, 0.5) is 5.69 Å². The van der Waals surface area contributed by atoms with E-state index in [0.29, 0.717) is 5.69 Å². The van der Waals surface area contributed by atoms with Crippen LogP contribution >= 0.6 is 0 Å². The predicted molar refractivity (Wildman–Crippen MR) is 59.6 cm³/mol. The summed E-state index contributed by atoms with van der Waals surface area (Å²) in [5.41, 5.74) is 8.97. The lowest BCUT2D eigenvalue weighted by molar-refractivity contribution is 0.781. The van der Waals surface area contributed by atoms with Crippen LogP contribution in [0.5, 0.6) is 0 Å². The van der Waals surface area contributed by atoms with Crippen molar-refractivity contribution in [3.63, 3.8) is 0 Å². The molecule has 1 heterocycles. The van der Waals surface area contributed by atoms with Crippen molar-refractivity contribution >= 4 is 5.69 Å². The van der Waals surface area contributed by atoms with Crippen LogP contribution < -0.4 is 11.3 Å². The topological polar surface area (TPSA) is 58.9 Å². The lowest BCUT2D eigenvalue weighted by Gasteiger charge is -2.10. The average Bonchev–Trinajstić information content (AvgIpc) is 2.14. The number of aryl methyl sites for hydroxylation is 1. The lowest BCUT2D eigenvalue weighted by atomic mass is 10.0. The number of aromatic nitrogens is 1. The Labute approximate surface area is 84.3 Å². The number of pyridine rings is 1. The van der Waals surface area contributed by atoms with Gasteiger partial charge in [0, 0.05) is 5.69 Å². The summed E-state index contributed by atoms with van der Waals surface area (Å²) in [6, 6.07) is 0. The molecule has 0 aliphatic rings. The Hall–Kier alpha value is -1.25. The van der Waals surface area contributed by atoms with Gasteiger partial charge in [0.05, 0.1) is 0 Å². The SMILES string of the molecule is CCCCc1c(C)[nH]c(=O)c(N)c1C. The highest BCUT2D eigenvalue weighted by molar-refractivity contribution is 5.49. The Morgan fingerprint density at radius 1 is 1.36 bits per heavy atom. The van der Waals surface area contributed by atoms with E-state index >= 15 is 0 Å². The highest BCUT2D eigenvalue weighted by Gasteiger charge is 2.08. The van der Waals surface area contributed by atoms with Crippen LogP contribution in [0, 0.1) is 13.8 Å². The van der Waals surface area contributed by atoms with E-state index in [4.69, 9.17) is 5.73 Å². The molecule has 14 heavy (non-hydrogen) atoms. The Morgan fingerprint density at radius 3 is 2.57 bits per heavy atom. The van der Waals surface area contributed by atoms with Gasteiger partial charge in [0.15, 0.2) is 0 Å². The van der Waals surface area contributed by atoms with Crippen molar-refractivity contribution < 1.29 is 0 Å². The van der Waals surface area contributed by atoms with Crippen molar-refractivity contribution in [2.45, 2.75) is 40.0 Å². The number of nitrogens with one attached hydrogen (secondary N) is 1. The number of hydrogen-bond acceptors (Lipinski definition) is 2. The van der Waals surface area contributed by atoms with E-state index in [2.05, 4.69) is 11.9 Å². The minimum atomic E-state index is -0.166. The summed E-state index contributed by atoms with van der Waals surface area (Å²) in [7, 11) is 0. The quantitative estimate of drug-likeness (QED) is 0.772. The first-order valence-electron chi connectivity index (χ1n) is 5.05. The molecule has 1 rings (SSSR count). The van der Waals surface area contributed by atoms with Gasteiger partial charge in [0.2, 0.25) is 0 Å². The molecule has 0 fully saturated rings. The zero-order valence-corrected chi connectivity index (χ0v) is 9.11. The van der Waals surface area contributed by atoms with Gasteiger partial charge in [-0.2, -0.15) is 0 Å². The molecule has 3 N–H and O–H groups in total. The summed E-state index contributed by atoms with van der Waals surface area (Å²) >= 11 is 0. The standard InChI is InChI=1S/C11H18N2O/c1-4-5-6-9-7(2)10(12)11(14)13-8(9)3/h4-6,12H2,1-3H3,(H,13,14). The van der Waals surface area contributed by atoms with Crippen LogP contribution in [0.3, 0.4) is 0 Å². The molecular weight excluding hydrogens is 176 g/mol. The summed E-state index contributed by atoms with van der Waals surface area (Å²) in [4.78, 5) is 14.1. The normalized spacial score (nSPS) is 10.5. The Bertz CT molecular complexity index is 380. The van der Waals surface area contributed by atoms with Crippen LogP contribution in [-0.2, 0) is 6.42 Å². The Balaban J connectivity index is 3.15. The van der Waals surface area contributed by atoms with Crippen molar-refractivity contribution in [1.29, 1.82) is 0 Å². The maximum absolute atomic E-state index is 11.3. The molecule has 3 heteroatoms. The monoisotopic (exact) mass is 194 g/mol. The lowest BCUT2D eigenvalue weighted by Crippen LogP contribution is -2.17. The van der Waals surface area contributed by atoms with E-state index in [1.807, 2.05) is 13.8 Å². The second kappa shape index (κ2) is 4.31. The largest absolute Gasteiger partial charge is 0.394 e. The maximum Gasteiger partial charge on any atom is 0.271 e. The van der Waals surface area contributed by atoms with Crippen molar-refractivity contribution in [3.05, 3.63) is 27.2 Å². The van der Waals surface area contributed by atoms with Crippen molar-refractivity contribution in [1.82, 2.24) is 4.98 Å². The summed E-state index contributed by atoms with van der Waals surface area (Å²) < 4.78 is 0. The molecular formula is C11H18N2O.